The number of esters is 1. The number of rotatable bonds is 5. The average Bonchev–Trinajstić information content (AvgIpc) is 2.98. The van der Waals surface area contributed by atoms with Gasteiger partial charge in [0.2, 0.25) is 0 Å². The minimum Gasteiger partial charge on any atom is -0.544 e. The summed E-state index contributed by atoms with van der Waals surface area (Å²) in [7, 11) is 0. The Morgan fingerprint density at radius 3 is 2.27 bits per heavy atom. The molecule has 0 spiro atoms. The lowest BCUT2D eigenvalue weighted by atomic mass is 9.95. The standard InChI is InChI=1S/C15H15F2IO4/c16-15(17,14(20)21)12(9-3-1-2-4-9)22-13(19)10-5-7-11(18)8-6-10/h5-9,12H,1-4H2,(H,20,21)/p-1. The van der Waals surface area contributed by atoms with E-state index in [9.17, 15) is 23.5 Å². The molecule has 1 fully saturated rings. The number of alkyl halides is 2. The van der Waals surface area contributed by atoms with Crippen molar-refractivity contribution >= 4 is 34.5 Å². The Morgan fingerprint density at radius 2 is 1.77 bits per heavy atom. The Bertz CT molecular complexity index is 553. The normalized spacial score (nSPS) is 17.2. The van der Waals surface area contributed by atoms with E-state index in [1.54, 1.807) is 12.1 Å². The number of halogens is 3. The van der Waals surface area contributed by atoms with Gasteiger partial charge in [-0.2, -0.15) is 8.78 Å². The van der Waals surface area contributed by atoms with Crippen LogP contribution in [-0.4, -0.2) is 24.0 Å². The quantitative estimate of drug-likeness (QED) is 0.539. The van der Waals surface area contributed by atoms with Gasteiger partial charge in [0.15, 0.2) is 6.10 Å². The summed E-state index contributed by atoms with van der Waals surface area (Å²) in [5.41, 5.74) is 0.109. The first-order valence-electron chi connectivity index (χ1n) is 6.88. The minimum absolute atomic E-state index is 0.109. The van der Waals surface area contributed by atoms with Gasteiger partial charge in [0.1, 0.15) is 5.97 Å². The largest absolute Gasteiger partial charge is 0.544 e. The third-order valence-corrected chi connectivity index (χ3v) is 4.49. The van der Waals surface area contributed by atoms with Crippen LogP contribution in [0, 0.1) is 9.49 Å². The number of ether oxygens (including phenoxy) is 1. The Morgan fingerprint density at radius 1 is 1.23 bits per heavy atom. The third-order valence-electron chi connectivity index (χ3n) is 3.77. The Balaban J connectivity index is 2.20. The average molecular weight is 423 g/mol. The van der Waals surface area contributed by atoms with Crippen molar-refractivity contribution in [3.63, 3.8) is 0 Å². The lowest BCUT2D eigenvalue weighted by molar-refractivity contribution is -0.337. The number of benzene rings is 1. The fourth-order valence-electron chi connectivity index (χ4n) is 2.61. The van der Waals surface area contributed by atoms with E-state index < -0.39 is 29.9 Å². The predicted octanol–water partition coefficient (Wildman–Crippen LogP) is 2.39. The second kappa shape index (κ2) is 6.89. The molecule has 0 aromatic heterocycles. The van der Waals surface area contributed by atoms with E-state index >= 15 is 0 Å². The number of aliphatic carboxylic acids is 1. The molecule has 0 N–H and O–H groups in total. The molecular weight excluding hydrogens is 409 g/mol. The molecule has 0 bridgehead atoms. The highest BCUT2D eigenvalue weighted by Crippen LogP contribution is 2.37. The molecule has 1 unspecified atom stereocenters. The molecule has 1 aromatic carbocycles. The summed E-state index contributed by atoms with van der Waals surface area (Å²) in [5.74, 6) is -8.33. The summed E-state index contributed by atoms with van der Waals surface area (Å²) in [6.45, 7) is 0. The first-order chi connectivity index (χ1) is 10.3. The fraction of sp³-hybridized carbons (Fsp3) is 0.467. The molecule has 0 amide bonds. The highest BCUT2D eigenvalue weighted by atomic mass is 127. The number of carbonyl (C=O) groups is 2. The zero-order valence-corrected chi connectivity index (χ0v) is 13.7. The maximum atomic E-state index is 13.9. The lowest BCUT2D eigenvalue weighted by Gasteiger charge is -2.31. The van der Waals surface area contributed by atoms with Crippen LogP contribution in [0.15, 0.2) is 24.3 Å². The highest BCUT2D eigenvalue weighted by Gasteiger charge is 2.49. The van der Waals surface area contributed by atoms with Crippen LogP contribution in [0.1, 0.15) is 36.0 Å². The van der Waals surface area contributed by atoms with Crippen molar-refractivity contribution in [2.75, 3.05) is 0 Å². The summed E-state index contributed by atoms with van der Waals surface area (Å²) in [4.78, 5) is 22.7. The summed E-state index contributed by atoms with van der Waals surface area (Å²) in [5, 5.41) is 10.7. The smallest absolute Gasteiger partial charge is 0.338 e. The number of carbonyl (C=O) groups excluding carboxylic acids is 2. The molecule has 4 nitrogen and oxygen atoms in total. The molecule has 0 heterocycles. The SMILES string of the molecule is O=C(OC(C1CCCC1)C(F)(F)C(=O)[O-])c1ccc(I)cc1. The molecule has 120 valence electrons. The maximum Gasteiger partial charge on any atom is 0.338 e. The molecule has 0 aliphatic heterocycles. The van der Waals surface area contributed by atoms with Gasteiger partial charge in [-0.25, -0.2) is 4.79 Å². The van der Waals surface area contributed by atoms with E-state index in [4.69, 9.17) is 4.74 Å². The molecule has 1 atom stereocenters. The Kier molecular flexibility index (Phi) is 5.36. The van der Waals surface area contributed by atoms with Gasteiger partial charge in [0.05, 0.1) is 5.56 Å². The van der Waals surface area contributed by atoms with E-state index in [1.807, 2.05) is 22.6 Å². The number of hydrogen-bond acceptors (Lipinski definition) is 4. The van der Waals surface area contributed by atoms with Crippen LogP contribution < -0.4 is 5.11 Å². The van der Waals surface area contributed by atoms with Gasteiger partial charge < -0.3 is 14.6 Å². The summed E-state index contributed by atoms with van der Waals surface area (Å²) < 4.78 is 33.5. The van der Waals surface area contributed by atoms with Crippen molar-refractivity contribution in [3.05, 3.63) is 33.4 Å². The fourth-order valence-corrected chi connectivity index (χ4v) is 2.97. The molecule has 7 heteroatoms. The van der Waals surface area contributed by atoms with Crippen LogP contribution in [0.4, 0.5) is 8.78 Å². The topological polar surface area (TPSA) is 66.4 Å². The number of hydrogen-bond donors (Lipinski definition) is 0. The van der Waals surface area contributed by atoms with Crippen LogP contribution in [0.25, 0.3) is 0 Å². The van der Waals surface area contributed by atoms with Crippen molar-refractivity contribution in [1.29, 1.82) is 0 Å². The molecule has 1 saturated carbocycles. The van der Waals surface area contributed by atoms with Gasteiger partial charge >= 0.3 is 11.9 Å². The maximum absolute atomic E-state index is 13.9. The summed E-state index contributed by atoms with van der Waals surface area (Å²) in [6, 6.07) is 6.18. The van der Waals surface area contributed by atoms with Gasteiger partial charge in [0, 0.05) is 9.49 Å². The van der Waals surface area contributed by atoms with Crippen LogP contribution in [-0.2, 0) is 9.53 Å². The molecule has 1 aliphatic rings. The summed E-state index contributed by atoms with van der Waals surface area (Å²) >= 11 is 2.04. The molecule has 1 aliphatic carbocycles. The summed E-state index contributed by atoms with van der Waals surface area (Å²) in [6.07, 6.45) is 0.254. The Hall–Kier alpha value is -1.25. The van der Waals surface area contributed by atoms with Gasteiger partial charge in [-0.1, -0.05) is 12.8 Å². The van der Waals surface area contributed by atoms with Crippen molar-refractivity contribution in [1.82, 2.24) is 0 Å². The van der Waals surface area contributed by atoms with Crippen molar-refractivity contribution < 1.29 is 28.2 Å². The molecule has 0 radical (unpaired) electrons. The van der Waals surface area contributed by atoms with Crippen LogP contribution in [0.3, 0.4) is 0 Å². The third kappa shape index (κ3) is 3.74. The van der Waals surface area contributed by atoms with Gasteiger partial charge in [0.25, 0.3) is 0 Å². The molecule has 2 rings (SSSR count). The van der Waals surface area contributed by atoms with Crippen LogP contribution in [0.2, 0.25) is 0 Å². The van der Waals surface area contributed by atoms with Crippen LogP contribution in [0.5, 0.6) is 0 Å². The van der Waals surface area contributed by atoms with Gasteiger partial charge in [-0.05, 0) is 59.7 Å². The zero-order chi connectivity index (χ0) is 16.3. The molecule has 0 saturated heterocycles. The van der Waals surface area contributed by atoms with E-state index in [-0.39, 0.29) is 5.56 Å². The van der Waals surface area contributed by atoms with Crippen molar-refractivity contribution in [2.24, 2.45) is 5.92 Å². The van der Waals surface area contributed by atoms with E-state index in [1.165, 1.54) is 12.1 Å². The van der Waals surface area contributed by atoms with Gasteiger partial charge in [-0.15, -0.1) is 0 Å². The number of carboxylic acid groups (broad SMARTS) is 1. The lowest BCUT2D eigenvalue weighted by Crippen LogP contribution is -2.53. The van der Waals surface area contributed by atoms with E-state index in [2.05, 4.69) is 0 Å². The molecule has 1 aromatic rings. The second-order valence-electron chi connectivity index (χ2n) is 5.29. The van der Waals surface area contributed by atoms with E-state index in [0.29, 0.717) is 25.7 Å². The zero-order valence-electron chi connectivity index (χ0n) is 11.6. The van der Waals surface area contributed by atoms with Crippen LogP contribution >= 0.6 is 22.6 Å². The monoisotopic (exact) mass is 423 g/mol. The molecular formula is C15H14F2IO4-. The first kappa shape index (κ1) is 17.1. The highest BCUT2D eigenvalue weighted by molar-refractivity contribution is 14.1. The minimum atomic E-state index is -4.20. The van der Waals surface area contributed by atoms with E-state index in [0.717, 1.165) is 3.57 Å². The first-order valence-corrected chi connectivity index (χ1v) is 7.96. The molecule has 22 heavy (non-hydrogen) atoms. The van der Waals surface area contributed by atoms with Crippen molar-refractivity contribution in [2.45, 2.75) is 37.7 Å². The predicted molar refractivity (Wildman–Crippen MR) is 80.3 cm³/mol. The van der Waals surface area contributed by atoms with Crippen molar-refractivity contribution in [3.8, 4) is 0 Å². The second-order valence-corrected chi connectivity index (χ2v) is 6.53. The van der Waals surface area contributed by atoms with Gasteiger partial charge in [-0.3, -0.25) is 0 Å². The number of carboxylic acids is 1. The Labute approximate surface area is 140 Å².